The summed E-state index contributed by atoms with van der Waals surface area (Å²) in [5.74, 6) is -1.05. The van der Waals surface area contributed by atoms with Crippen LogP contribution in [0.1, 0.15) is 31.2 Å². The molecule has 18 heavy (non-hydrogen) atoms. The van der Waals surface area contributed by atoms with Crippen molar-refractivity contribution in [3.63, 3.8) is 0 Å². The van der Waals surface area contributed by atoms with E-state index in [1.807, 2.05) is 13.8 Å². The normalized spacial score (nSPS) is 13.7. The number of thiophene rings is 1. The number of carboxylic acids is 1. The summed E-state index contributed by atoms with van der Waals surface area (Å²) in [5.41, 5.74) is 0. The van der Waals surface area contributed by atoms with Gasteiger partial charge in [-0.05, 0) is 24.8 Å². The van der Waals surface area contributed by atoms with E-state index in [1.165, 1.54) is 16.2 Å². The molecule has 1 aromatic rings. The SMILES string of the molecule is CCC(C)N(C)C(=O)NC(C(=O)O)c1cccs1. The lowest BCUT2D eigenvalue weighted by atomic mass is 10.2. The van der Waals surface area contributed by atoms with Crippen molar-refractivity contribution in [1.82, 2.24) is 10.2 Å². The Morgan fingerprint density at radius 1 is 1.56 bits per heavy atom. The van der Waals surface area contributed by atoms with Gasteiger partial charge in [-0.1, -0.05) is 13.0 Å². The molecule has 0 fully saturated rings. The number of nitrogens with one attached hydrogen (secondary N) is 1. The molecule has 1 heterocycles. The highest BCUT2D eigenvalue weighted by Crippen LogP contribution is 2.19. The molecular weight excluding hydrogens is 252 g/mol. The molecule has 5 nitrogen and oxygen atoms in total. The summed E-state index contributed by atoms with van der Waals surface area (Å²) in [4.78, 5) is 25.2. The number of carbonyl (C=O) groups excluding carboxylic acids is 1. The van der Waals surface area contributed by atoms with E-state index in [0.29, 0.717) is 4.88 Å². The molecule has 0 aliphatic carbocycles. The van der Waals surface area contributed by atoms with Gasteiger partial charge < -0.3 is 15.3 Å². The van der Waals surface area contributed by atoms with Gasteiger partial charge in [0.1, 0.15) is 0 Å². The number of amides is 2. The Labute approximate surface area is 110 Å². The molecule has 0 aromatic carbocycles. The van der Waals surface area contributed by atoms with Gasteiger partial charge in [0.05, 0.1) is 0 Å². The molecule has 6 heteroatoms. The van der Waals surface area contributed by atoms with Gasteiger partial charge in [-0.15, -0.1) is 11.3 Å². The van der Waals surface area contributed by atoms with Gasteiger partial charge in [-0.3, -0.25) is 0 Å². The van der Waals surface area contributed by atoms with Gasteiger partial charge in [0.15, 0.2) is 6.04 Å². The molecule has 0 saturated heterocycles. The molecular formula is C12H18N2O3S. The molecule has 0 aliphatic rings. The number of hydrogen-bond acceptors (Lipinski definition) is 3. The van der Waals surface area contributed by atoms with E-state index in [0.717, 1.165) is 6.42 Å². The number of carboxylic acid groups (broad SMARTS) is 1. The third-order valence-electron chi connectivity index (χ3n) is 2.91. The molecule has 1 rings (SSSR count). The van der Waals surface area contributed by atoms with Crippen LogP contribution < -0.4 is 5.32 Å². The lowest BCUT2D eigenvalue weighted by molar-refractivity contribution is -0.139. The Balaban J connectivity index is 2.74. The number of aliphatic carboxylic acids is 1. The molecule has 0 aliphatic heterocycles. The van der Waals surface area contributed by atoms with Crippen molar-refractivity contribution in [2.24, 2.45) is 0 Å². The molecule has 100 valence electrons. The second-order valence-electron chi connectivity index (χ2n) is 4.10. The van der Waals surface area contributed by atoms with Crippen LogP contribution in [0.5, 0.6) is 0 Å². The summed E-state index contributed by atoms with van der Waals surface area (Å²) < 4.78 is 0. The number of nitrogens with zero attached hydrogens (tertiary/aromatic N) is 1. The fraction of sp³-hybridized carbons (Fsp3) is 0.500. The molecule has 2 amide bonds. The number of hydrogen-bond donors (Lipinski definition) is 2. The lowest BCUT2D eigenvalue weighted by Gasteiger charge is -2.25. The van der Waals surface area contributed by atoms with E-state index < -0.39 is 12.0 Å². The van der Waals surface area contributed by atoms with Crippen LogP contribution in [0.4, 0.5) is 4.79 Å². The highest BCUT2D eigenvalue weighted by atomic mass is 32.1. The first-order chi connectivity index (χ1) is 8.47. The van der Waals surface area contributed by atoms with Crippen LogP contribution in [0.3, 0.4) is 0 Å². The van der Waals surface area contributed by atoms with Crippen molar-refractivity contribution in [2.75, 3.05) is 7.05 Å². The first kappa shape index (κ1) is 14.5. The highest BCUT2D eigenvalue weighted by molar-refractivity contribution is 7.10. The van der Waals surface area contributed by atoms with E-state index >= 15 is 0 Å². The average molecular weight is 270 g/mol. The fourth-order valence-corrected chi connectivity index (χ4v) is 2.18. The summed E-state index contributed by atoms with van der Waals surface area (Å²) in [6.45, 7) is 3.89. The minimum absolute atomic E-state index is 0.0720. The van der Waals surface area contributed by atoms with Crippen molar-refractivity contribution in [3.05, 3.63) is 22.4 Å². The van der Waals surface area contributed by atoms with Crippen molar-refractivity contribution in [3.8, 4) is 0 Å². The molecule has 0 spiro atoms. The Morgan fingerprint density at radius 2 is 2.22 bits per heavy atom. The highest BCUT2D eigenvalue weighted by Gasteiger charge is 2.25. The van der Waals surface area contributed by atoms with Crippen LogP contribution in [-0.4, -0.2) is 35.1 Å². The topological polar surface area (TPSA) is 69.6 Å². The van der Waals surface area contributed by atoms with Crippen LogP contribution in [0.15, 0.2) is 17.5 Å². The summed E-state index contributed by atoms with van der Waals surface area (Å²) in [7, 11) is 1.66. The smallest absolute Gasteiger partial charge is 0.331 e. The summed E-state index contributed by atoms with van der Waals surface area (Å²) in [6, 6.07) is 2.19. The maximum Gasteiger partial charge on any atom is 0.331 e. The Morgan fingerprint density at radius 3 is 2.67 bits per heavy atom. The number of rotatable bonds is 5. The Bertz CT molecular complexity index is 405. The monoisotopic (exact) mass is 270 g/mol. The molecule has 0 radical (unpaired) electrons. The van der Waals surface area contributed by atoms with Gasteiger partial charge >= 0.3 is 12.0 Å². The minimum Gasteiger partial charge on any atom is -0.479 e. The standard InChI is InChI=1S/C12H18N2O3S/c1-4-8(2)14(3)12(17)13-10(11(15)16)9-6-5-7-18-9/h5-8,10H,4H2,1-3H3,(H,13,17)(H,15,16). The van der Waals surface area contributed by atoms with Gasteiger partial charge in [0.2, 0.25) is 0 Å². The minimum atomic E-state index is -1.05. The predicted molar refractivity (Wildman–Crippen MR) is 70.7 cm³/mol. The summed E-state index contributed by atoms with van der Waals surface area (Å²) >= 11 is 1.31. The second kappa shape index (κ2) is 6.39. The van der Waals surface area contributed by atoms with Gasteiger partial charge in [0, 0.05) is 18.0 Å². The second-order valence-corrected chi connectivity index (χ2v) is 5.08. The van der Waals surface area contributed by atoms with Crippen LogP contribution in [0, 0.1) is 0 Å². The van der Waals surface area contributed by atoms with Gasteiger partial charge in [-0.25, -0.2) is 9.59 Å². The Kier molecular flexibility index (Phi) is 5.15. The molecule has 2 unspecified atom stereocenters. The van der Waals surface area contributed by atoms with E-state index in [1.54, 1.807) is 24.6 Å². The molecule has 2 N–H and O–H groups in total. The fourth-order valence-electron chi connectivity index (χ4n) is 1.41. The summed E-state index contributed by atoms with van der Waals surface area (Å²) in [6.07, 6.45) is 0.820. The predicted octanol–water partition coefficient (Wildman–Crippen LogP) is 2.31. The maximum atomic E-state index is 11.9. The molecule has 2 atom stereocenters. The zero-order chi connectivity index (χ0) is 13.7. The summed E-state index contributed by atoms with van der Waals surface area (Å²) in [5, 5.41) is 13.5. The van der Waals surface area contributed by atoms with Crippen LogP contribution in [0.2, 0.25) is 0 Å². The third-order valence-corrected chi connectivity index (χ3v) is 3.85. The first-order valence-electron chi connectivity index (χ1n) is 5.76. The van der Waals surface area contributed by atoms with E-state index in [2.05, 4.69) is 5.32 Å². The lowest BCUT2D eigenvalue weighted by Crippen LogP contribution is -2.45. The van der Waals surface area contributed by atoms with Crippen LogP contribution in [0.25, 0.3) is 0 Å². The zero-order valence-corrected chi connectivity index (χ0v) is 11.5. The van der Waals surface area contributed by atoms with Crippen molar-refractivity contribution >= 4 is 23.3 Å². The number of carbonyl (C=O) groups is 2. The van der Waals surface area contributed by atoms with Crippen molar-refractivity contribution in [1.29, 1.82) is 0 Å². The molecule has 0 saturated carbocycles. The Hall–Kier alpha value is -1.56. The quantitative estimate of drug-likeness (QED) is 0.862. The van der Waals surface area contributed by atoms with E-state index in [4.69, 9.17) is 5.11 Å². The molecule has 1 aromatic heterocycles. The molecule has 0 bridgehead atoms. The van der Waals surface area contributed by atoms with Crippen LogP contribution in [-0.2, 0) is 4.79 Å². The van der Waals surface area contributed by atoms with Gasteiger partial charge in [0.25, 0.3) is 0 Å². The zero-order valence-electron chi connectivity index (χ0n) is 10.7. The van der Waals surface area contributed by atoms with Crippen molar-refractivity contribution < 1.29 is 14.7 Å². The number of urea groups is 1. The maximum absolute atomic E-state index is 11.9. The first-order valence-corrected chi connectivity index (χ1v) is 6.64. The van der Waals surface area contributed by atoms with E-state index in [-0.39, 0.29) is 12.1 Å². The largest absolute Gasteiger partial charge is 0.479 e. The van der Waals surface area contributed by atoms with Crippen molar-refractivity contribution in [2.45, 2.75) is 32.4 Å². The third kappa shape index (κ3) is 3.46. The van der Waals surface area contributed by atoms with Gasteiger partial charge in [-0.2, -0.15) is 0 Å². The van der Waals surface area contributed by atoms with Crippen LogP contribution >= 0.6 is 11.3 Å². The van der Waals surface area contributed by atoms with E-state index in [9.17, 15) is 9.59 Å². The average Bonchev–Trinajstić information content (AvgIpc) is 2.86.